The fraction of sp³-hybridized carbons (Fsp3) is 0.650. The summed E-state index contributed by atoms with van der Waals surface area (Å²) in [4.78, 5) is 12.9. The number of methoxy groups -OCH3 is 1. The van der Waals surface area contributed by atoms with Gasteiger partial charge in [0.1, 0.15) is 0 Å². The largest absolute Gasteiger partial charge is 0.384 e. The van der Waals surface area contributed by atoms with Crippen molar-refractivity contribution in [2.24, 2.45) is 11.3 Å². The van der Waals surface area contributed by atoms with E-state index in [2.05, 4.69) is 22.8 Å². The molecule has 5 nitrogen and oxygen atoms in total. The van der Waals surface area contributed by atoms with Gasteiger partial charge in [-0.3, -0.25) is 4.79 Å². The van der Waals surface area contributed by atoms with Crippen molar-refractivity contribution in [2.75, 3.05) is 40.0 Å². The Bertz CT molecular complexity index is 538. The molecular weight excluding hydrogens is 316 g/mol. The molecule has 2 N–H and O–H groups in total. The summed E-state index contributed by atoms with van der Waals surface area (Å²) in [7, 11) is 1.74. The van der Waals surface area contributed by atoms with E-state index in [-0.39, 0.29) is 23.3 Å². The van der Waals surface area contributed by atoms with Crippen LogP contribution in [0.3, 0.4) is 0 Å². The first kappa shape index (κ1) is 18.4. The van der Waals surface area contributed by atoms with Crippen molar-refractivity contribution in [3.8, 4) is 0 Å². The summed E-state index contributed by atoms with van der Waals surface area (Å²) < 4.78 is 11.4. The van der Waals surface area contributed by atoms with Crippen LogP contribution in [0.2, 0.25) is 0 Å². The highest BCUT2D eigenvalue weighted by Crippen LogP contribution is 2.34. The number of hydrogen-bond acceptors (Lipinski definition) is 4. The highest BCUT2D eigenvalue weighted by Gasteiger charge is 2.36. The highest BCUT2D eigenvalue weighted by atomic mass is 16.5. The van der Waals surface area contributed by atoms with Gasteiger partial charge in [0, 0.05) is 25.7 Å². The average Bonchev–Trinajstić information content (AvgIpc) is 2.68. The third-order valence-electron chi connectivity index (χ3n) is 5.54. The van der Waals surface area contributed by atoms with Gasteiger partial charge in [0.2, 0.25) is 5.91 Å². The van der Waals surface area contributed by atoms with Crippen molar-refractivity contribution in [3.63, 3.8) is 0 Å². The van der Waals surface area contributed by atoms with Crippen LogP contribution >= 0.6 is 0 Å². The summed E-state index contributed by atoms with van der Waals surface area (Å²) in [5.74, 6) is 0.0000224. The molecule has 0 spiro atoms. The molecule has 2 aliphatic rings. The van der Waals surface area contributed by atoms with Crippen LogP contribution in [0.1, 0.15) is 37.4 Å². The number of carbonyl (C=O) groups is 1. The summed E-state index contributed by atoms with van der Waals surface area (Å²) in [5, 5.41) is 6.61. The number of benzene rings is 1. The lowest BCUT2D eigenvalue weighted by Gasteiger charge is -2.38. The summed E-state index contributed by atoms with van der Waals surface area (Å²) in [6.45, 7) is 4.07. The number of rotatable bonds is 6. The zero-order chi connectivity index (χ0) is 17.5. The van der Waals surface area contributed by atoms with Crippen molar-refractivity contribution >= 4 is 5.91 Å². The number of ether oxygens (including phenoxy) is 2. The Labute approximate surface area is 150 Å². The standard InChI is InChI=1S/C20H30N2O3/c1-24-15-20(9-11-21-12-10-20)14-22-19(23)17-8-5-13-25-18(17)16-6-3-2-4-7-16/h2-4,6-7,17-18,21H,5,8-15H2,1H3,(H,22,23). The molecule has 5 heteroatoms. The predicted octanol–water partition coefficient (Wildman–Crippen LogP) is 2.29. The molecule has 138 valence electrons. The van der Waals surface area contributed by atoms with Crippen molar-refractivity contribution in [3.05, 3.63) is 35.9 Å². The third kappa shape index (κ3) is 4.60. The molecule has 1 aromatic carbocycles. The molecule has 0 aliphatic carbocycles. The lowest BCUT2D eigenvalue weighted by atomic mass is 9.79. The summed E-state index contributed by atoms with van der Waals surface area (Å²) in [6, 6.07) is 10.1. The van der Waals surface area contributed by atoms with Crippen LogP contribution in [0.4, 0.5) is 0 Å². The third-order valence-corrected chi connectivity index (χ3v) is 5.54. The molecular formula is C20H30N2O3. The van der Waals surface area contributed by atoms with Crippen LogP contribution in [-0.4, -0.2) is 45.9 Å². The minimum Gasteiger partial charge on any atom is -0.384 e. The van der Waals surface area contributed by atoms with E-state index in [1.165, 1.54) is 0 Å². The topological polar surface area (TPSA) is 59.6 Å². The lowest BCUT2D eigenvalue weighted by Crippen LogP contribution is -2.49. The Hall–Kier alpha value is -1.43. The Morgan fingerprint density at radius 2 is 2.08 bits per heavy atom. The Balaban J connectivity index is 1.64. The van der Waals surface area contributed by atoms with E-state index in [0.717, 1.165) is 50.9 Å². The smallest absolute Gasteiger partial charge is 0.226 e. The fourth-order valence-corrected chi connectivity index (χ4v) is 4.06. The quantitative estimate of drug-likeness (QED) is 0.830. The average molecular weight is 346 g/mol. The molecule has 0 saturated carbocycles. The number of hydrogen-bond donors (Lipinski definition) is 2. The van der Waals surface area contributed by atoms with Crippen LogP contribution in [0.15, 0.2) is 30.3 Å². The molecule has 2 aliphatic heterocycles. The van der Waals surface area contributed by atoms with E-state index in [4.69, 9.17) is 9.47 Å². The Morgan fingerprint density at radius 3 is 2.80 bits per heavy atom. The summed E-state index contributed by atoms with van der Waals surface area (Å²) >= 11 is 0. The molecule has 1 aromatic rings. The first-order valence-corrected chi connectivity index (χ1v) is 9.38. The SMILES string of the molecule is COCC1(CNC(=O)C2CCCOC2c2ccccc2)CCNCC1. The van der Waals surface area contributed by atoms with Gasteiger partial charge in [-0.25, -0.2) is 0 Å². The van der Waals surface area contributed by atoms with Gasteiger partial charge in [0.25, 0.3) is 0 Å². The van der Waals surface area contributed by atoms with Gasteiger partial charge in [-0.1, -0.05) is 30.3 Å². The van der Waals surface area contributed by atoms with Crippen LogP contribution < -0.4 is 10.6 Å². The second-order valence-corrected chi connectivity index (χ2v) is 7.35. The molecule has 2 saturated heterocycles. The predicted molar refractivity (Wildman–Crippen MR) is 97.3 cm³/mol. The van der Waals surface area contributed by atoms with Gasteiger partial charge in [-0.05, 0) is 44.3 Å². The molecule has 2 atom stereocenters. The van der Waals surface area contributed by atoms with E-state index >= 15 is 0 Å². The van der Waals surface area contributed by atoms with Crippen molar-refractivity contribution in [2.45, 2.75) is 31.8 Å². The first-order chi connectivity index (χ1) is 12.2. The van der Waals surface area contributed by atoms with E-state index in [1.54, 1.807) is 7.11 Å². The van der Waals surface area contributed by atoms with Crippen LogP contribution in [0.5, 0.6) is 0 Å². The Morgan fingerprint density at radius 1 is 1.32 bits per heavy atom. The van der Waals surface area contributed by atoms with Gasteiger partial charge in [-0.2, -0.15) is 0 Å². The normalized spacial score (nSPS) is 26.1. The molecule has 0 bridgehead atoms. The molecule has 3 rings (SSSR count). The van der Waals surface area contributed by atoms with Crippen molar-refractivity contribution in [1.82, 2.24) is 10.6 Å². The minimum atomic E-state index is -0.138. The molecule has 1 amide bonds. The molecule has 2 fully saturated rings. The van der Waals surface area contributed by atoms with Crippen LogP contribution in [0.25, 0.3) is 0 Å². The number of nitrogens with one attached hydrogen (secondary N) is 2. The monoisotopic (exact) mass is 346 g/mol. The van der Waals surface area contributed by atoms with Gasteiger partial charge in [0.05, 0.1) is 18.6 Å². The number of piperidine rings is 1. The van der Waals surface area contributed by atoms with Crippen molar-refractivity contribution in [1.29, 1.82) is 0 Å². The van der Waals surface area contributed by atoms with E-state index in [1.807, 2.05) is 18.2 Å². The minimum absolute atomic E-state index is 0.0490. The maximum absolute atomic E-state index is 12.9. The van der Waals surface area contributed by atoms with Gasteiger partial charge in [-0.15, -0.1) is 0 Å². The van der Waals surface area contributed by atoms with Gasteiger partial charge in [0.15, 0.2) is 0 Å². The zero-order valence-corrected chi connectivity index (χ0v) is 15.1. The first-order valence-electron chi connectivity index (χ1n) is 9.38. The molecule has 0 radical (unpaired) electrons. The summed E-state index contributed by atoms with van der Waals surface area (Å²) in [5.41, 5.74) is 1.14. The second-order valence-electron chi connectivity index (χ2n) is 7.35. The van der Waals surface area contributed by atoms with Crippen molar-refractivity contribution < 1.29 is 14.3 Å². The Kier molecular flexibility index (Phi) is 6.45. The van der Waals surface area contributed by atoms with E-state index in [0.29, 0.717) is 13.2 Å². The molecule has 25 heavy (non-hydrogen) atoms. The zero-order valence-electron chi connectivity index (χ0n) is 15.1. The van der Waals surface area contributed by atoms with E-state index in [9.17, 15) is 4.79 Å². The van der Waals surface area contributed by atoms with Gasteiger partial charge < -0.3 is 20.1 Å². The second kappa shape index (κ2) is 8.79. The van der Waals surface area contributed by atoms with Crippen LogP contribution in [0, 0.1) is 11.3 Å². The lowest BCUT2D eigenvalue weighted by molar-refractivity contribution is -0.135. The highest BCUT2D eigenvalue weighted by molar-refractivity contribution is 5.79. The molecule has 2 unspecified atom stereocenters. The van der Waals surface area contributed by atoms with E-state index < -0.39 is 0 Å². The summed E-state index contributed by atoms with van der Waals surface area (Å²) in [6.07, 6.45) is 3.74. The fourth-order valence-electron chi connectivity index (χ4n) is 4.06. The number of amides is 1. The molecule has 0 aromatic heterocycles. The maximum Gasteiger partial charge on any atom is 0.226 e. The number of carbonyl (C=O) groups excluding carboxylic acids is 1. The molecule has 2 heterocycles. The van der Waals surface area contributed by atoms with Gasteiger partial charge >= 0.3 is 0 Å². The maximum atomic E-state index is 12.9. The van der Waals surface area contributed by atoms with Crippen LogP contribution in [-0.2, 0) is 14.3 Å².